The molecule has 0 bridgehead atoms. The maximum Gasteiger partial charge on any atom is 0.199 e. The molecule has 4 heteroatoms. The van der Waals surface area contributed by atoms with Crippen LogP contribution in [0, 0.1) is 6.92 Å². The van der Waals surface area contributed by atoms with E-state index in [1.807, 2.05) is 19.1 Å². The van der Waals surface area contributed by atoms with Gasteiger partial charge in [0.2, 0.25) is 0 Å². The molecule has 2 aromatic heterocycles. The molecule has 2 heterocycles. The van der Waals surface area contributed by atoms with Gasteiger partial charge in [-0.25, -0.2) is 4.98 Å². The van der Waals surface area contributed by atoms with Crippen LogP contribution in [0.25, 0.3) is 11.2 Å². The molecule has 2 rings (SSSR count). The van der Waals surface area contributed by atoms with Crippen LogP contribution in [0.4, 0.5) is 0 Å². The van der Waals surface area contributed by atoms with Crippen LogP contribution >= 0.6 is 0 Å². The standard InChI is InChI=1S/C13H19N3O/c1-10-7-8-11-13(15-10)16-12(17-11)6-4-2-3-5-9-14/h7-8H,2-6,9,14H2,1H3. The van der Waals surface area contributed by atoms with Crippen LogP contribution in [0.15, 0.2) is 16.5 Å². The SMILES string of the molecule is Cc1ccc2oc(CCCCCCN)nc2n1. The van der Waals surface area contributed by atoms with Crippen LogP contribution < -0.4 is 5.73 Å². The highest BCUT2D eigenvalue weighted by atomic mass is 16.3. The zero-order valence-electron chi connectivity index (χ0n) is 10.3. The summed E-state index contributed by atoms with van der Waals surface area (Å²) in [4.78, 5) is 8.72. The Balaban J connectivity index is 1.91. The van der Waals surface area contributed by atoms with Gasteiger partial charge >= 0.3 is 0 Å². The molecule has 0 fully saturated rings. The molecule has 0 radical (unpaired) electrons. The van der Waals surface area contributed by atoms with Crippen molar-refractivity contribution in [3.63, 3.8) is 0 Å². The lowest BCUT2D eigenvalue weighted by Crippen LogP contribution is -1.97. The summed E-state index contributed by atoms with van der Waals surface area (Å²) in [6.07, 6.45) is 5.47. The molecule has 2 aromatic rings. The van der Waals surface area contributed by atoms with Gasteiger partial charge in [-0.05, 0) is 38.4 Å². The van der Waals surface area contributed by atoms with E-state index in [1.165, 1.54) is 12.8 Å². The lowest BCUT2D eigenvalue weighted by Gasteiger charge is -1.96. The van der Waals surface area contributed by atoms with E-state index in [1.54, 1.807) is 0 Å². The summed E-state index contributed by atoms with van der Waals surface area (Å²) in [7, 11) is 0. The zero-order chi connectivity index (χ0) is 12.1. The van der Waals surface area contributed by atoms with Gasteiger partial charge in [0, 0.05) is 12.1 Å². The highest BCUT2D eigenvalue weighted by Crippen LogP contribution is 2.15. The number of aryl methyl sites for hydroxylation is 2. The van der Waals surface area contributed by atoms with Crippen LogP contribution in [-0.4, -0.2) is 16.5 Å². The van der Waals surface area contributed by atoms with Gasteiger partial charge in [0.15, 0.2) is 17.1 Å². The Kier molecular flexibility index (Phi) is 4.09. The number of pyridine rings is 1. The number of fused-ring (bicyclic) bond motifs is 1. The largest absolute Gasteiger partial charge is 0.439 e. The van der Waals surface area contributed by atoms with E-state index in [4.69, 9.17) is 10.2 Å². The number of hydrogen-bond acceptors (Lipinski definition) is 4. The van der Waals surface area contributed by atoms with Crippen LogP contribution in [0.2, 0.25) is 0 Å². The molecule has 0 atom stereocenters. The van der Waals surface area contributed by atoms with E-state index in [9.17, 15) is 0 Å². The normalized spacial score (nSPS) is 11.2. The summed E-state index contributed by atoms with van der Waals surface area (Å²) in [5.74, 6) is 0.797. The summed E-state index contributed by atoms with van der Waals surface area (Å²) in [5.41, 5.74) is 7.93. The summed E-state index contributed by atoms with van der Waals surface area (Å²) >= 11 is 0. The summed E-state index contributed by atoms with van der Waals surface area (Å²) in [6.45, 7) is 2.74. The molecule has 0 saturated carbocycles. The second kappa shape index (κ2) is 5.77. The Hall–Kier alpha value is -1.42. The van der Waals surface area contributed by atoms with E-state index in [2.05, 4.69) is 9.97 Å². The smallest absolute Gasteiger partial charge is 0.199 e. The first-order chi connectivity index (χ1) is 8.29. The van der Waals surface area contributed by atoms with E-state index in [-0.39, 0.29) is 0 Å². The minimum absolute atomic E-state index is 0.724. The third-order valence-electron chi connectivity index (χ3n) is 2.78. The van der Waals surface area contributed by atoms with Crippen LogP contribution in [0.1, 0.15) is 37.3 Å². The molecule has 0 aliphatic heterocycles. The monoisotopic (exact) mass is 233 g/mol. The molecule has 0 amide bonds. The number of unbranched alkanes of at least 4 members (excludes halogenated alkanes) is 3. The molecule has 0 aliphatic rings. The predicted octanol–water partition coefficient (Wildman–Crippen LogP) is 2.59. The third-order valence-corrected chi connectivity index (χ3v) is 2.78. The molecule has 0 spiro atoms. The van der Waals surface area contributed by atoms with Gasteiger partial charge in [0.05, 0.1) is 0 Å². The van der Waals surface area contributed by atoms with Crippen molar-refractivity contribution in [2.24, 2.45) is 5.73 Å². The van der Waals surface area contributed by atoms with E-state index in [0.717, 1.165) is 48.6 Å². The first kappa shape index (κ1) is 12.0. The van der Waals surface area contributed by atoms with Gasteiger partial charge < -0.3 is 10.2 Å². The molecule has 0 aliphatic carbocycles. The Bertz CT molecular complexity index is 478. The molecule has 0 unspecified atom stereocenters. The molecule has 92 valence electrons. The molecule has 2 N–H and O–H groups in total. The fourth-order valence-electron chi connectivity index (χ4n) is 1.84. The number of nitrogens with two attached hydrogens (primary N) is 1. The number of hydrogen-bond donors (Lipinski definition) is 1. The number of oxazole rings is 1. The van der Waals surface area contributed by atoms with E-state index >= 15 is 0 Å². The minimum Gasteiger partial charge on any atom is -0.439 e. The lowest BCUT2D eigenvalue weighted by atomic mass is 10.1. The van der Waals surface area contributed by atoms with Gasteiger partial charge in [0.1, 0.15) is 0 Å². The third kappa shape index (κ3) is 3.27. The van der Waals surface area contributed by atoms with Crippen LogP contribution in [-0.2, 0) is 6.42 Å². The quantitative estimate of drug-likeness (QED) is 0.779. The molecular weight excluding hydrogens is 214 g/mol. The van der Waals surface area contributed by atoms with E-state index in [0.29, 0.717) is 0 Å². The molecule has 0 aromatic carbocycles. The van der Waals surface area contributed by atoms with Gasteiger partial charge in [-0.15, -0.1) is 0 Å². The van der Waals surface area contributed by atoms with E-state index < -0.39 is 0 Å². The van der Waals surface area contributed by atoms with Gasteiger partial charge in [-0.3, -0.25) is 0 Å². The maximum atomic E-state index is 5.63. The molecule has 4 nitrogen and oxygen atoms in total. The van der Waals surface area contributed by atoms with Crippen molar-refractivity contribution in [1.82, 2.24) is 9.97 Å². The van der Waals surface area contributed by atoms with Crippen molar-refractivity contribution in [3.05, 3.63) is 23.7 Å². The average Bonchev–Trinajstić information content (AvgIpc) is 2.70. The van der Waals surface area contributed by atoms with Crippen LogP contribution in [0.3, 0.4) is 0 Å². The van der Waals surface area contributed by atoms with Gasteiger partial charge in [0.25, 0.3) is 0 Å². The highest BCUT2D eigenvalue weighted by Gasteiger charge is 2.06. The second-order valence-electron chi connectivity index (χ2n) is 4.33. The fraction of sp³-hybridized carbons (Fsp3) is 0.538. The number of aromatic nitrogens is 2. The molecule has 17 heavy (non-hydrogen) atoms. The Morgan fingerprint density at radius 3 is 2.76 bits per heavy atom. The maximum absolute atomic E-state index is 5.63. The van der Waals surface area contributed by atoms with Crippen molar-refractivity contribution < 1.29 is 4.42 Å². The Labute approximate surface area is 101 Å². The molecular formula is C13H19N3O. The number of rotatable bonds is 6. The summed E-state index contributed by atoms with van der Waals surface area (Å²) in [5, 5.41) is 0. The van der Waals surface area contributed by atoms with Crippen molar-refractivity contribution in [2.75, 3.05) is 6.54 Å². The van der Waals surface area contributed by atoms with Gasteiger partial charge in [-0.2, -0.15) is 4.98 Å². The average molecular weight is 233 g/mol. The summed E-state index contributed by atoms with van der Waals surface area (Å²) in [6, 6.07) is 3.88. The minimum atomic E-state index is 0.724. The van der Waals surface area contributed by atoms with Crippen LogP contribution in [0.5, 0.6) is 0 Å². The molecule has 0 saturated heterocycles. The van der Waals surface area contributed by atoms with Gasteiger partial charge in [-0.1, -0.05) is 12.8 Å². The van der Waals surface area contributed by atoms with Crippen molar-refractivity contribution in [3.8, 4) is 0 Å². The second-order valence-corrected chi connectivity index (χ2v) is 4.33. The first-order valence-corrected chi connectivity index (χ1v) is 6.23. The Morgan fingerprint density at radius 1 is 1.12 bits per heavy atom. The first-order valence-electron chi connectivity index (χ1n) is 6.23. The van der Waals surface area contributed by atoms with Crippen molar-refractivity contribution >= 4 is 11.2 Å². The fourth-order valence-corrected chi connectivity index (χ4v) is 1.84. The zero-order valence-corrected chi connectivity index (χ0v) is 10.3. The number of nitrogens with zero attached hydrogens (tertiary/aromatic N) is 2. The topological polar surface area (TPSA) is 64.9 Å². The highest BCUT2D eigenvalue weighted by molar-refractivity contribution is 5.67. The Morgan fingerprint density at radius 2 is 1.94 bits per heavy atom. The van der Waals surface area contributed by atoms with Crippen molar-refractivity contribution in [1.29, 1.82) is 0 Å². The van der Waals surface area contributed by atoms with Crippen molar-refractivity contribution in [2.45, 2.75) is 39.0 Å². The predicted molar refractivity (Wildman–Crippen MR) is 67.8 cm³/mol. The summed E-state index contributed by atoms with van der Waals surface area (Å²) < 4.78 is 5.63. The lowest BCUT2D eigenvalue weighted by molar-refractivity contribution is 0.508.